The molecule has 10 heteroatoms. The van der Waals surface area contributed by atoms with E-state index < -0.39 is 38.7 Å². The fourth-order valence-electron chi connectivity index (χ4n) is 1.94. The molecule has 0 aromatic heterocycles. The smallest absolute Gasteiger partial charge is 0.321 e. The van der Waals surface area contributed by atoms with Crippen molar-refractivity contribution in [2.75, 3.05) is 5.32 Å². The minimum Gasteiger partial charge on any atom is -0.480 e. The second-order valence-corrected chi connectivity index (χ2v) is 7.67. The Hall–Kier alpha value is -1.71. The van der Waals surface area contributed by atoms with E-state index in [9.17, 15) is 22.4 Å². The number of nitrogens with one attached hydrogen (secondary N) is 2. The molecule has 0 unspecified atom stereocenters. The quantitative estimate of drug-likeness (QED) is 0.671. The first-order valence-corrected chi connectivity index (χ1v) is 8.82. The first kappa shape index (κ1) is 20.3. The highest BCUT2D eigenvalue weighted by Gasteiger charge is 2.29. The number of aliphatic carboxylic acids is 1. The molecule has 134 valence electrons. The Kier molecular flexibility index (Phi) is 6.70. The lowest BCUT2D eigenvalue weighted by atomic mass is 10.1. The van der Waals surface area contributed by atoms with Crippen LogP contribution >= 0.6 is 11.6 Å². The van der Waals surface area contributed by atoms with Crippen LogP contribution in [-0.4, -0.2) is 31.4 Å². The van der Waals surface area contributed by atoms with Crippen LogP contribution in [0.2, 0.25) is 5.02 Å². The van der Waals surface area contributed by atoms with Crippen molar-refractivity contribution in [3.8, 4) is 0 Å². The number of carboxylic acid groups (broad SMARTS) is 1. The van der Waals surface area contributed by atoms with E-state index in [1.807, 2.05) is 4.72 Å². The molecule has 1 atom stereocenters. The summed E-state index contributed by atoms with van der Waals surface area (Å²) in [6.07, 6.45) is 0.0356. The van der Waals surface area contributed by atoms with Gasteiger partial charge in [-0.05, 0) is 18.4 Å². The van der Waals surface area contributed by atoms with Crippen molar-refractivity contribution in [2.24, 2.45) is 5.92 Å². The molecule has 0 aliphatic heterocycles. The third-order valence-corrected chi connectivity index (χ3v) is 4.72. The maximum atomic E-state index is 14.1. The van der Waals surface area contributed by atoms with Crippen molar-refractivity contribution >= 4 is 39.2 Å². The van der Waals surface area contributed by atoms with Gasteiger partial charge in [0, 0.05) is 13.0 Å². The summed E-state index contributed by atoms with van der Waals surface area (Å²) in [4.78, 5) is 21.4. The average molecular weight is 381 g/mol. The van der Waals surface area contributed by atoms with Crippen molar-refractivity contribution in [1.29, 1.82) is 0 Å². The molecule has 0 saturated carbocycles. The lowest BCUT2D eigenvalue weighted by molar-refractivity contribution is -0.139. The molecule has 0 aliphatic rings. The molecule has 1 aromatic rings. The van der Waals surface area contributed by atoms with Gasteiger partial charge in [0.25, 0.3) is 0 Å². The van der Waals surface area contributed by atoms with Gasteiger partial charge in [0.2, 0.25) is 15.9 Å². The Bertz CT molecular complexity index is 752. The number of hydrogen-bond donors (Lipinski definition) is 3. The van der Waals surface area contributed by atoms with Crippen molar-refractivity contribution < 1.29 is 27.5 Å². The lowest BCUT2D eigenvalue weighted by Gasteiger charge is -2.17. The summed E-state index contributed by atoms with van der Waals surface area (Å²) in [6.45, 7) is 4.64. The highest BCUT2D eigenvalue weighted by atomic mass is 35.5. The number of sulfonamides is 1. The first-order valence-electron chi connectivity index (χ1n) is 6.95. The molecule has 0 fully saturated rings. The summed E-state index contributed by atoms with van der Waals surface area (Å²) in [5.74, 6) is -3.13. The Labute approximate surface area is 144 Å². The highest BCUT2D eigenvalue weighted by Crippen LogP contribution is 2.28. The topological polar surface area (TPSA) is 113 Å². The SMILES string of the molecule is CC(=O)Nc1cc(F)c(S(=O)(=O)N[C@@H](CC(C)C)C(=O)O)cc1Cl. The molecular formula is C14H18ClFN2O5S. The van der Waals surface area contributed by atoms with Gasteiger partial charge in [-0.25, -0.2) is 12.8 Å². The van der Waals surface area contributed by atoms with Gasteiger partial charge in [-0.15, -0.1) is 0 Å². The largest absolute Gasteiger partial charge is 0.480 e. The highest BCUT2D eigenvalue weighted by molar-refractivity contribution is 7.89. The minimum absolute atomic E-state index is 0.0356. The predicted octanol–water partition coefficient (Wildman–Crippen LogP) is 2.22. The summed E-state index contributed by atoms with van der Waals surface area (Å²) < 4.78 is 40.6. The normalized spacial score (nSPS) is 12.9. The summed E-state index contributed by atoms with van der Waals surface area (Å²) in [6, 6.07) is 0.179. The molecule has 0 saturated heterocycles. The molecule has 7 nitrogen and oxygen atoms in total. The second kappa shape index (κ2) is 7.91. The standard InChI is InChI=1S/C14H18ClFN2O5S/c1-7(2)4-12(14(20)21)18-24(22,23)13-5-9(15)11(6-10(13)16)17-8(3)19/h5-7,12,18H,4H2,1-3H3,(H,17,19)(H,20,21)/t12-/m0/s1. The molecule has 24 heavy (non-hydrogen) atoms. The Morgan fingerprint density at radius 2 is 1.92 bits per heavy atom. The Morgan fingerprint density at radius 3 is 2.38 bits per heavy atom. The molecular weight excluding hydrogens is 363 g/mol. The van der Waals surface area contributed by atoms with Crippen LogP contribution in [0.15, 0.2) is 17.0 Å². The van der Waals surface area contributed by atoms with E-state index in [-0.39, 0.29) is 23.0 Å². The number of hydrogen-bond acceptors (Lipinski definition) is 4. The van der Waals surface area contributed by atoms with E-state index in [0.29, 0.717) is 0 Å². The van der Waals surface area contributed by atoms with Crippen molar-refractivity contribution in [3.05, 3.63) is 23.0 Å². The summed E-state index contributed by atoms with van der Waals surface area (Å²) in [5, 5.41) is 11.2. The van der Waals surface area contributed by atoms with Gasteiger partial charge in [-0.2, -0.15) is 4.72 Å². The summed E-state index contributed by atoms with van der Waals surface area (Å²) >= 11 is 5.84. The van der Waals surface area contributed by atoms with Crippen LogP contribution in [-0.2, 0) is 19.6 Å². The fraction of sp³-hybridized carbons (Fsp3) is 0.429. The van der Waals surface area contributed by atoms with Gasteiger partial charge in [0.1, 0.15) is 16.8 Å². The van der Waals surface area contributed by atoms with E-state index in [0.717, 1.165) is 12.1 Å². The van der Waals surface area contributed by atoms with Crippen molar-refractivity contribution in [1.82, 2.24) is 4.72 Å². The van der Waals surface area contributed by atoms with E-state index in [1.54, 1.807) is 13.8 Å². The zero-order chi connectivity index (χ0) is 18.7. The fourth-order valence-corrected chi connectivity index (χ4v) is 3.50. The van der Waals surface area contributed by atoms with E-state index in [4.69, 9.17) is 16.7 Å². The zero-order valence-corrected chi connectivity index (χ0v) is 14.8. The molecule has 1 amide bonds. The van der Waals surface area contributed by atoms with Gasteiger partial charge >= 0.3 is 5.97 Å². The zero-order valence-electron chi connectivity index (χ0n) is 13.3. The molecule has 3 N–H and O–H groups in total. The van der Waals surface area contributed by atoms with Crippen LogP contribution in [0.1, 0.15) is 27.2 Å². The van der Waals surface area contributed by atoms with Crippen LogP contribution in [0.3, 0.4) is 0 Å². The number of carbonyl (C=O) groups excluding carboxylic acids is 1. The summed E-state index contributed by atoms with van der Waals surface area (Å²) in [7, 11) is -4.45. The number of carboxylic acids is 1. The monoisotopic (exact) mass is 380 g/mol. The number of benzene rings is 1. The van der Waals surface area contributed by atoms with Crippen LogP contribution in [0.4, 0.5) is 10.1 Å². The van der Waals surface area contributed by atoms with Gasteiger partial charge in [0.15, 0.2) is 0 Å². The third kappa shape index (κ3) is 5.43. The van der Waals surface area contributed by atoms with Crippen molar-refractivity contribution in [2.45, 2.75) is 38.1 Å². The van der Waals surface area contributed by atoms with E-state index in [1.165, 1.54) is 6.92 Å². The van der Waals surface area contributed by atoms with Crippen molar-refractivity contribution in [3.63, 3.8) is 0 Å². The third-order valence-electron chi connectivity index (χ3n) is 2.92. The molecule has 0 radical (unpaired) electrons. The number of rotatable bonds is 7. The average Bonchev–Trinajstić information content (AvgIpc) is 2.40. The maximum absolute atomic E-state index is 14.1. The Morgan fingerprint density at radius 1 is 1.33 bits per heavy atom. The molecule has 0 bridgehead atoms. The molecule has 0 heterocycles. The molecule has 1 aromatic carbocycles. The molecule has 1 rings (SSSR count). The van der Waals surface area contributed by atoms with E-state index >= 15 is 0 Å². The van der Waals surface area contributed by atoms with E-state index in [2.05, 4.69) is 5.32 Å². The van der Waals surface area contributed by atoms with Gasteiger partial charge in [0.05, 0.1) is 10.7 Å². The number of anilines is 1. The first-order chi connectivity index (χ1) is 10.9. The second-order valence-electron chi connectivity index (χ2n) is 5.59. The van der Waals surface area contributed by atoms with Gasteiger partial charge in [-0.3, -0.25) is 9.59 Å². The van der Waals surface area contributed by atoms with Gasteiger partial charge in [-0.1, -0.05) is 25.4 Å². The molecule has 0 spiro atoms. The summed E-state index contributed by atoms with van der Waals surface area (Å²) in [5.41, 5.74) is -0.0856. The van der Waals surface area contributed by atoms with Crippen LogP contribution < -0.4 is 10.0 Å². The number of amides is 1. The Balaban J connectivity index is 3.20. The van der Waals surface area contributed by atoms with Crippen LogP contribution in [0.25, 0.3) is 0 Å². The number of halogens is 2. The van der Waals surface area contributed by atoms with Crippen LogP contribution in [0, 0.1) is 11.7 Å². The van der Waals surface area contributed by atoms with Gasteiger partial charge < -0.3 is 10.4 Å². The molecule has 0 aliphatic carbocycles. The maximum Gasteiger partial charge on any atom is 0.321 e. The van der Waals surface area contributed by atoms with Crippen LogP contribution in [0.5, 0.6) is 0 Å². The minimum atomic E-state index is -4.45. The number of carbonyl (C=O) groups is 2. The predicted molar refractivity (Wildman–Crippen MR) is 86.9 cm³/mol. The lowest BCUT2D eigenvalue weighted by Crippen LogP contribution is -2.41.